The van der Waals surface area contributed by atoms with Crippen LogP contribution in [0.25, 0.3) is 6.08 Å². The minimum absolute atomic E-state index is 0.216. The van der Waals surface area contributed by atoms with E-state index >= 15 is 0 Å². The largest absolute Gasteiger partial charge is 0.502 e. The molecule has 1 aromatic rings. The van der Waals surface area contributed by atoms with Crippen LogP contribution in [0.5, 0.6) is 5.75 Å². The number of aromatic hydroxyl groups is 1. The second kappa shape index (κ2) is 5.96. The SMILES string of the molecule is CCCN1C(=O)SC(=Cc2ccc(O)c([N+](=O)[O-])c2)C1=O. The molecule has 2 rings (SSSR count). The summed E-state index contributed by atoms with van der Waals surface area (Å²) in [5, 5.41) is 19.8. The number of carbonyl (C=O) groups is 2. The Bertz CT molecular complexity index is 656. The van der Waals surface area contributed by atoms with E-state index in [0.717, 1.165) is 22.7 Å². The van der Waals surface area contributed by atoms with Crippen LogP contribution in [0, 0.1) is 10.1 Å². The highest BCUT2D eigenvalue weighted by atomic mass is 32.2. The molecule has 110 valence electrons. The van der Waals surface area contributed by atoms with E-state index in [9.17, 15) is 24.8 Å². The first-order chi connectivity index (χ1) is 9.93. The number of rotatable bonds is 4. The van der Waals surface area contributed by atoms with Gasteiger partial charge in [0.25, 0.3) is 11.1 Å². The van der Waals surface area contributed by atoms with Crippen molar-refractivity contribution in [3.8, 4) is 5.75 Å². The molecule has 2 amide bonds. The summed E-state index contributed by atoms with van der Waals surface area (Å²) in [6.45, 7) is 2.20. The zero-order valence-corrected chi connectivity index (χ0v) is 11.9. The van der Waals surface area contributed by atoms with Gasteiger partial charge in [0.05, 0.1) is 9.83 Å². The number of nitrogens with zero attached hydrogens (tertiary/aromatic N) is 2. The highest BCUT2D eigenvalue weighted by molar-refractivity contribution is 8.18. The van der Waals surface area contributed by atoms with Crippen LogP contribution < -0.4 is 0 Å². The molecule has 0 atom stereocenters. The Morgan fingerprint density at radius 3 is 2.76 bits per heavy atom. The summed E-state index contributed by atoms with van der Waals surface area (Å²) < 4.78 is 0. The standard InChI is InChI=1S/C13H12N2O5S/c1-2-5-14-12(17)11(21-13(14)18)7-8-3-4-10(16)9(6-8)15(19)20/h3-4,6-7,16H,2,5H2,1H3. The molecule has 21 heavy (non-hydrogen) atoms. The van der Waals surface area contributed by atoms with E-state index in [2.05, 4.69) is 0 Å². The average molecular weight is 308 g/mol. The van der Waals surface area contributed by atoms with Gasteiger partial charge in [0.2, 0.25) is 0 Å². The third-order valence-electron chi connectivity index (χ3n) is 2.81. The maximum atomic E-state index is 12.0. The Kier molecular flexibility index (Phi) is 4.27. The maximum Gasteiger partial charge on any atom is 0.311 e. The number of phenols is 1. The molecule has 0 saturated carbocycles. The summed E-state index contributed by atoms with van der Waals surface area (Å²) in [7, 11) is 0. The molecule has 1 aliphatic rings. The summed E-state index contributed by atoms with van der Waals surface area (Å²) >= 11 is 0.801. The van der Waals surface area contributed by atoms with Crippen molar-refractivity contribution in [2.24, 2.45) is 0 Å². The van der Waals surface area contributed by atoms with E-state index < -0.39 is 22.3 Å². The molecule has 7 nitrogen and oxygen atoms in total. The lowest BCUT2D eigenvalue weighted by atomic mass is 10.1. The van der Waals surface area contributed by atoms with Crippen LogP contribution in [0.15, 0.2) is 23.1 Å². The van der Waals surface area contributed by atoms with Gasteiger partial charge in [-0.3, -0.25) is 24.6 Å². The number of phenolic OH excluding ortho intramolecular Hbond substituents is 1. The second-order valence-electron chi connectivity index (χ2n) is 4.34. The van der Waals surface area contributed by atoms with Crippen LogP contribution in [0.2, 0.25) is 0 Å². The van der Waals surface area contributed by atoms with Gasteiger partial charge in [-0.1, -0.05) is 13.0 Å². The first kappa shape index (κ1) is 15.0. The molecule has 1 saturated heterocycles. The van der Waals surface area contributed by atoms with E-state index in [4.69, 9.17) is 0 Å². The first-order valence-corrected chi connectivity index (χ1v) is 6.98. The third-order valence-corrected chi connectivity index (χ3v) is 3.72. The molecule has 0 spiro atoms. The fraction of sp³-hybridized carbons (Fsp3) is 0.231. The number of thioether (sulfide) groups is 1. The van der Waals surface area contributed by atoms with E-state index in [0.29, 0.717) is 18.5 Å². The van der Waals surface area contributed by atoms with Crippen LogP contribution in [0.3, 0.4) is 0 Å². The zero-order valence-electron chi connectivity index (χ0n) is 11.1. The number of carbonyl (C=O) groups excluding carboxylic acids is 2. The van der Waals surface area contributed by atoms with E-state index in [1.54, 1.807) is 0 Å². The molecule has 8 heteroatoms. The number of nitro benzene ring substituents is 1. The summed E-state index contributed by atoms with van der Waals surface area (Å²) in [5.74, 6) is -0.848. The molecule has 0 aliphatic carbocycles. The van der Waals surface area contributed by atoms with Gasteiger partial charge in [-0.2, -0.15) is 0 Å². The van der Waals surface area contributed by atoms with Crippen molar-refractivity contribution < 1.29 is 19.6 Å². The minimum Gasteiger partial charge on any atom is -0.502 e. The molecule has 0 aromatic heterocycles. The van der Waals surface area contributed by atoms with Crippen molar-refractivity contribution in [3.63, 3.8) is 0 Å². The van der Waals surface area contributed by atoms with Crippen LogP contribution in [-0.4, -0.2) is 32.6 Å². The topological polar surface area (TPSA) is 101 Å². The number of hydrogen-bond acceptors (Lipinski definition) is 6. The molecule has 1 N–H and O–H groups in total. The second-order valence-corrected chi connectivity index (χ2v) is 5.33. The smallest absolute Gasteiger partial charge is 0.311 e. The first-order valence-electron chi connectivity index (χ1n) is 6.16. The van der Waals surface area contributed by atoms with Crippen molar-refractivity contribution in [2.45, 2.75) is 13.3 Å². The number of hydrogen-bond donors (Lipinski definition) is 1. The lowest BCUT2D eigenvalue weighted by molar-refractivity contribution is -0.385. The lowest BCUT2D eigenvalue weighted by Gasteiger charge is -2.09. The number of imide groups is 1. The molecular weight excluding hydrogens is 296 g/mol. The molecule has 1 fully saturated rings. The molecule has 1 heterocycles. The van der Waals surface area contributed by atoms with Gasteiger partial charge in [-0.05, 0) is 35.9 Å². The third kappa shape index (κ3) is 3.05. The molecular formula is C13H12N2O5S. The molecule has 1 aromatic carbocycles. The summed E-state index contributed by atoms with van der Waals surface area (Å²) in [6.07, 6.45) is 2.07. The van der Waals surface area contributed by atoms with E-state index in [-0.39, 0.29) is 10.1 Å². The summed E-state index contributed by atoms with van der Waals surface area (Å²) in [4.78, 5) is 35.1. The van der Waals surface area contributed by atoms with E-state index in [1.807, 2.05) is 6.92 Å². The van der Waals surface area contributed by atoms with Gasteiger partial charge in [0.15, 0.2) is 5.75 Å². The molecule has 0 radical (unpaired) electrons. The fourth-order valence-corrected chi connectivity index (χ4v) is 2.71. The quantitative estimate of drug-likeness (QED) is 0.521. The van der Waals surface area contributed by atoms with Crippen molar-refractivity contribution >= 4 is 34.7 Å². The van der Waals surface area contributed by atoms with Gasteiger partial charge in [0.1, 0.15) is 0 Å². The van der Waals surface area contributed by atoms with Crippen LogP contribution in [-0.2, 0) is 4.79 Å². The van der Waals surface area contributed by atoms with Crippen molar-refractivity contribution in [1.82, 2.24) is 4.90 Å². The van der Waals surface area contributed by atoms with Crippen LogP contribution >= 0.6 is 11.8 Å². The Morgan fingerprint density at radius 2 is 2.14 bits per heavy atom. The predicted molar refractivity (Wildman–Crippen MR) is 77.7 cm³/mol. The highest BCUT2D eigenvalue weighted by Gasteiger charge is 2.34. The summed E-state index contributed by atoms with van der Waals surface area (Å²) in [6, 6.07) is 3.78. The highest BCUT2D eigenvalue weighted by Crippen LogP contribution is 2.34. The summed E-state index contributed by atoms with van der Waals surface area (Å²) in [5.41, 5.74) is -0.0713. The van der Waals surface area contributed by atoms with Crippen LogP contribution in [0.4, 0.5) is 10.5 Å². The number of nitro groups is 1. The van der Waals surface area contributed by atoms with Gasteiger partial charge in [-0.15, -0.1) is 0 Å². The van der Waals surface area contributed by atoms with Crippen molar-refractivity contribution in [3.05, 3.63) is 38.8 Å². The van der Waals surface area contributed by atoms with Gasteiger partial charge in [-0.25, -0.2) is 0 Å². The molecule has 0 unspecified atom stereocenters. The van der Waals surface area contributed by atoms with Crippen molar-refractivity contribution in [1.29, 1.82) is 0 Å². The predicted octanol–water partition coefficient (Wildman–Crippen LogP) is 2.75. The van der Waals surface area contributed by atoms with Gasteiger partial charge in [0, 0.05) is 12.6 Å². The molecule has 1 aliphatic heterocycles. The van der Waals surface area contributed by atoms with Gasteiger partial charge < -0.3 is 5.11 Å². The Hall–Kier alpha value is -2.35. The Balaban J connectivity index is 2.33. The molecule has 0 bridgehead atoms. The monoisotopic (exact) mass is 308 g/mol. The lowest BCUT2D eigenvalue weighted by Crippen LogP contribution is -2.28. The Morgan fingerprint density at radius 1 is 1.43 bits per heavy atom. The normalized spacial score (nSPS) is 16.8. The van der Waals surface area contributed by atoms with E-state index in [1.165, 1.54) is 18.2 Å². The maximum absolute atomic E-state index is 12.0. The fourth-order valence-electron chi connectivity index (χ4n) is 1.84. The average Bonchev–Trinajstić information content (AvgIpc) is 2.69. The number of amides is 2. The van der Waals surface area contributed by atoms with Gasteiger partial charge >= 0.3 is 5.69 Å². The van der Waals surface area contributed by atoms with Crippen LogP contribution in [0.1, 0.15) is 18.9 Å². The number of benzene rings is 1. The van der Waals surface area contributed by atoms with Crippen molar-refractivity contribution in [2.75, 3.05) is 6.54 Å². The minimum atomic E-state index is -0.713. The Labute approximate surface area is 124 Å². The zero-order chi connectivity index (χ0) is 15.6.